The van der Waals surface area contributed by atoms with Gasteiger partial charge in [0.1, 0.15) is 5.75 Å². The van der Waals surface area contributed by atoms with Crippen LogP contribution in [0.3, 0.4) is 0 Å². The Labute approximate surface area is 135 Å². The highest BCUT2D eigenvalue weighted by molar-refractivity contribution is 5.93. The number of phenolic OH excluding ortho intramolecular Hbond substituents is 1. The van der Waals surface area contributed by atoms with Crippen molar-refractivity contribution in [2.75, 3.05) is 0 Å². The summed E-state index contributed by atoms with van der Waals surface area (Å²) in [5.41, 5.74) is 3.18. The number of aromatic amines is 1. The molecule has 0 saturated carbocycles. The van der Waals surface area contributed by atoms with E-state index in [0.717, 1.165) is 34.9 Å². The van der Waals surface area contributed by atoms with E-state index < -0.39 is 0 Å². The Morgan fingerprint density at radius 3 is 2.78 bits per heavy atom. The monoisotopic (exact) mass is 305 g/mol. The number of aromatic hydroxyl groups is 1. The van der Waals surface area contributed by atoms with Crippen LogP contribution in [0.4, 0.5) is 0 Å². The van der Waals surface area contributed by atoms with Gasteiger partial charge in [0, 0.05) is 23.5 Å². The molecule has 0 saturated heterocycles. The number of ketones is 1. The molecule has 3 nitrogen and oxygen atoms in total. The highest BCUT2D eigenvalue weighted by Gasteiger charge is 2.05. The third-order valence-electron chi connectivity index (χ3n) is 3.88. The quantitative estimate of drug-likeness (QED) is 0.660. The van der Waals surface area contributed by atoms with Crippen molar-refractivity contribution in [1.29, 1.82) is 0 Å². The molecular formula is C20H19NO2. The molecule has 0 radical (unpaired) electrons. The summed E-state index contributed by atoms with van der Waals surface area (Å²) >= 11 is 0. The lowest BCUT2D eigenvalue weighted by Gasteiger charge is -1.99. The Kier molecular flexibility index (Phi) is 4.57. The molecule has 1 heterocycles. The zero-order valence-corrected chi connectivity index (χ0v) is 12.8. The number of hydrogen-bond acceptors (Lipinski definition) is 2. The van der Waals surface area contributed by atoms with Gasteiger partial charge >= 0.3 is 0 Å². The predicted molar refractivity (Wildman–Crippen MR) is 93.4 cm³/mol. The summed E-state index contributed by atoms with van der Waals surface area (Å²) in [4.78, 5) is 15.1. The van der Waals surface area contributed by atoms with Crippen LogP contribution in [0.5, 0.6) is 5.75 Å². The maximum atomic E-state index is 11.9. The molecule has 1 aromatic heterocycles. The molecule has 0 bridgehead atoms. The molecule has 2 N–H and O–H groups in total. The van der Waals surface area contributed by atoms with E-state index >= 15 is 0 Å². The second kappa shape index (κ2) is 6.97. The molecule has 0 unspecified atom stereocenters. The van der Waals surface area contributed by atoms with Gasteiger partial charge in [0.05, 0.1) is 0 Å². The fourth-order valence-electron chi connectivity index (χ4n) is 2.66. The molecule has 3 heteroatoms. The standard InChI is InChI=1S/C20H19NO2/c22-17(10-9-15-5-2-1-3-6-15)8-4-7-16-14-21-20-12-11-18(23)13-19(16)20/h1-3,5-6,9-14,21,23H,4,7-8H2/b10-9+. The minimum atomic E-state index is 0.136. The summed E-state index contributed by atoms with van der Waals surface area (Å²) < 4.78 is 0. The molecule has 3 aromatic rings. The van der Waals surface area contributed by atoms with Gasteiger partial charge in [-0.2, -0.15) is 0 Å². The average molecular weight is 305 g/mol. The molecule has 0 fully saturated rings. The van der Waals surface area contributed by atoms with E-state index in [9.17, 15) is 9.90 Å². The molecule has 3 rings (SSSR count). The molecule has 0 aliphatic heterocycles. The third-order valence-corrected chi connectivity index (χ3v) is 3.88. The molecule has 0 spiro atoms. The first-order chi connectivity index (χ1) is 11.2. The molecule has 0 aliphatic rings. The van der Waals surface area contributed by atoms with Crippen molar-refractivity contribution >= 4 is 22.8 Å². The van der Waals surface area contributed by atoms with Gasteiger partial charge in [-0.15, -0.1) is 0 Å². The Bertz CT molecular complexity index is 831. The van der Waals surface area contributed by atoms with Crippen LogP contribution in [0.2, 0.25) is 0 Å². The summed E-state index contributed by atoms with van der Waals surface area (Å²) in [6.45, 7) is 0. The number of hydrogen-bond donors (Lipinski definition) is 2. The largest absolute Gasteiger partial charge is 0.508 e. The van der Waals surface area contributed by atoms with Gasteiger partial charge in [0.2, 0.25) is 0 Å². The number of benzene rings is 2. The van der Waals surface area contributed by atoms with Crippen LogP contribution >= 0.6 is 0 Å². The normalized spacial score (nSPS) is 11.3. The van der Waals surface area contributed by atoms with Crippen LogP contribution in [0.15, 0.2) is 60.8 Å². The van der Waals surface area contributed by atoms with E-state index in [-0.39, 0.29) is 11.5 Å². The molecule has 116 valence electrons. The number of nitrogens with one attached hydrogen (secondary N) is 1. The first kappa shape index (κ1) is 15.1. The second-order valence-electron chi connectivity index (χ2n) is 5.61. The van der Waals surface area contributed by atoms with Crippen molar-refractivity contribution in [3.05, 3.63) is 71.9 Å². The van der Waals surface area contributed by atoms with E-state index in [2.05, 4.69) is 4.98 Å². The predicted octanol–water partition coefficient (Wildman–Crippen LogP) is 4.48. The number of rotatable bonds is 6. The van der Waals surface area contributed by atoms with Crippen molar-refractivity contribution in [3.63, 3.8) is 0 Å². The van der Waals surface area contributed by atoms with E-state index in [4.69, 9.17) is 0 Å². The zero-order chi connectivity index (χ0) is 16.1. The molecule has 0 aliphatic carbocycles. The number of phenols is 1. The molecular weight excluding hydrogens is 286 g/mol. The van der Waals surface area contributed by atoms with Gasteiger partial charge in [0.25, 0.3) is 0 Å². The fourth-order valence-corrected chi connectivity index (χ4v) is 2.66. The number of aryl methyl sites for hydroxylation is 1. The van der Waals surface area contributed by atoms with Gasteiger partial charge in [0.15, 0.2) is 5.78 Å². The number of carbonyl (C=O) groups excluding carboxylic acids is 1. The van der Waals surface area contributed by atoms with E-state index in [0.29, 0.717) is 6.42 Å². The van der Waals surface area contributed by atoms with Crippen LogP contribution < -0.4 is 0 Å². The van der Waals surface area contributed by atoms with Crippen LogP contribution in [0.25, 0.3) is 17.0 Å². The summed E-state index contributed by atoms with van der Waals surface area (Å²) in [7, 11) is 0. The number of fused-ring (bicyclic) bond motifs is 1. The van der Waals surface area contributed by atoms with Crippen molar-refractivity contribution < 1.29 is 9.90 Å². The van der Waals surface area contributed by atoms with Crippen molar-refractivity contribution in [2.24, 2.45) is 0 Å². The average Bonchev–Trinajstić information content (AvgIpc) is 2.96. The maximum absolute atomic E-state index is 11.9. The SMILES string of the molecule is O=C(/C=C/c1ccccc1)CCCc1c[nH]c2ccc(O)cc12. The van der Waals surface area contributed by atoms with E-state index in [1.165, 1.54) is 0 Å². The Morgan fingerprint density at radius 1 is 1.13 bits per heavy atom. The first-order valence-electron chi connectivity index (χ1n) is 7.77. The Morgan fingerprint density at radius 2 is 1.96 bits per heavy atom. The van der Waals surface area contributed by atoms with Crippen LogP contribution in [0.1, 0.15) is 24.0 Å². The van der Waals surface area contributed by atoms with E-state index in [1.54, 1.807) is 18.2 Å². The Balaban J connectivity index is 1.55. The highest BCUT2D eigenvalue weighted by atomic mass is 16.3. The first-order valence-corrected chi connectivity index (χ1v) is 7.77. The lowest BCUT2D eigenvalue weighted by atomic mass is 10.0. The van der Waals surface area contributed by atoms with Crippen LogP contribution in [-0.2, 0) is 11.2 Å². The molecule has 2 aromatic carbocycles. The number of H-pyrrole nitrogens is 1. The van der Waals surface area contributed by atoms with Gasteiger partial charge in [-0.1, -0.05) is 36.4 Å². The minimum Gasteiger partial charge on any atom is -0.508 e. The molecule has 0 atom stereocenters. The zero-order valence-electron chi connectivity index (χ0n) is 12.8. The third kappa shape index (κ3) is 3.89. The van der Waals surface area contributed by atoms with Gasteiger partial charge in [-0.05, 0) is 48.2 Å². The van der Waals surface area contributed by atoms with Crippen LogP contribution in [0, 0.1) is 0 Å². The molecule has 0 amide bonds. The lowest BCUT2D eigenvalue weighted by molar-refractivity contribution is -0.114. The Hall–Kier alpha value is -2.81. The summed E-state index contributed by atoms with van der Waals surface area (Å²) in [5.74, 6) is 0.400. The van der Waals surface area contributed by atoms with Crippen molar-refractivity contribution in [3.8, 4) is 5.75 Å². The number of carbonyl (C=O) groups is 1. The van der Waals surface area contributed by atoms with Gasteiger partial charge in [-0.3, -0.25) is 4.79 Å². The summed E-state index contributed by atoms with van der Waals surface area (Å²) in [5, 5.41) is 10.6. The topological polar surface area (TPSA) is 53.1 Å². The summed E-state index contributed by atoms with van der Waals surface area (Å²) in [6.07, 6.45) is 7.58. The lowest BCUT2D eigenvalue weighted by Crippen LogP contribution is -1.94. The second-order valence-corrected chi connectivity index (χ2v) is 5.61. The van der Waals surface area contributed by atoms with Crippen LogP contribution in [-0.4, -0.2) is 15.9 Å². The van der Waals surface area contributed by atoms with Crippen molar-refractivity contribution in [2.45, 2.75) is 19.3 Å². The number of allylic oxidation sites excluding steroid dienone is 1. The number of aromatic nitrogens is 1. The smallest absolute Gasteiger partial charge is 0.155 e. The summed E-state index contributed by atoms with van der Waals surface area (Å²) in [6, 6.07) is 15.1. The minimum absolute atomic E-state index is 0.136. The van der Waals surface area contributed by atoms with Gasteiger partial charge in [-0.25, -0.2) is 0 Å². The highest BCUT2D eigenvalue weighted by Crippen LogP contribution is 2.24. The van der Waals surface area contributed by atoms with Crippen molar-refractivity contribution in [1.82, 2.24) is 4.98 Å². The molecule has 23 heavy (non-hydrogen) atoms. The van der Waals surface area contributed by atoms with Gasteiger partial charge < -0.3 is 10.1 Å². The maximum Gasteiger partial charge on any atom is 0.155 e. The fraction of sp³-hybridized carbons (Fsp3) is 0.150. The van der Waals surface area contributed by atoms with E-state index in [1.807, 2.05) is 48.7 Å².